The Balaban J connectivity index is 2.09. The molecule has 2 rings (SSSR count). The average Bonchev–Trinajstić information content (AvgIpc) is 2.76. The van der Waals surface area contributed by atoms with Crippen LogP contribution in [0.3, 0.4) is 0 Å². The number of hydrogen-bond acceptors (Lipinski definition) is 4. The van der Waals surface area contributed by atoms with Crippen molar-refractivity contribution in [2.24, 2.45) is 0 Å². The normalized spacial score (nSPS) is 23.0. The van der Waals surface area contributed by atoms with Gasteiger partial charge < -0.3 is 0 Å². The van der Waals surface area contributed by atoms with Crippen molar-refractivity contribution in [2.75, 3.05) is 12.3 Å². The Labute approximate surface area is 124 Å². The molecule has 1 heterocycles. The van der Waals surface area contributed by atoms with Crippen molar-refractivity contribution < 1.29 is 13.5 Å². The summed E-state index contributed by atoms with van der Waals surface area (Å²) >= 11 is 0.663. The molecule has 1 aromatic carbocycles. The van der Waals surface area contributed by atoms with Gasteiger partial charge in [-0.1, -0.05) is 0 Å². The first-order chi connectivity index (χ1) is 8.50. The first-order valence-electron chi connectivity index (χ1n) is 5.98. The zero-order valence-corrected chi connectivity index (χ0v) is 15.4. The van der Waals surface area contributed by atoms with Crippen molar-refractivity contribution in [1.82, 2.24) is 2.71 Å². The van der Waals surface area contributed by atoms with Crippen molar-refractivity contribution in [3.63, 3.8) is 0 Å². The van der Waals surface area contributed by atoms with Gasteiger partial charge in [0.15, 0.2) is 0 Å². The van der Waals surface area contributed by atoms with Gasteiger partial charge in [0.25, 0.3) is 0 Å². The summed E-state index contributed by atoms with van der Waals surface area (Å²) in [5.41, 5.74) is 0. The molecule has 0 aliphatic carbocycles. The topological polar surface area (TPSA) is 57.6 Å². The number of hydrogen-bond donors (Lipinski definition) is 1. The van der Waals surface area contributed by atoms with E-state index in [1.54, 1.807) is 30.3 Å². The van der Waals surface area contributed by atoms with Crippen LogP contribution in [0.1, 0.15) is 12.8 Å². The molecule has 1 aliphatic heterocycles. The Kier molecular flexibility index (Phi) is 4.79. The second-order valence-corrected chi connectivity index (χ2v) is 9.22. The molecule has 1 aliphatic rings. The molecule has 0 unspecified atom stereocenters. The van der Waals surface area contributed by atoms with Crippen LogP contribution in [0.2, 0.25) is 0 Å². The molecule has 2 atom stereocenters. The number of aliphatic hydroxyl groups is 1. The number of aliphatic hydroxyl groups excluding tert-OH is 1. The SMILES string of the molecule is O=S(=O)(C[C@@H](O)[C@@H]1CCC[N]1[Tl])c1ccccc1. The second-order valence-electron chi connectivity index (χ2n) is 4.61. The monoisotopic (exact) mass is 459 g/mol. The number of sulfone groups is 1. The molecule has 96 valence electrons. The summed E-state index contributed by atoms with van der Waals surface area (Å²) in [6, 6.07) is 8.39. The maximum atomic E-state index is 12.1. The molecule has 6 heteroatoms. The molecule has 18 heavy (non-hydrogen) atoms. The van der Waals surface area contributed by atoms with Crippen LogP contribution in [-0.4, -0.2) is 66.7 Å². The van der Waals surface area contributed by atoms with Crippen LogP contribution < -0.4 is 0 Å². The summed E-state index contributed by atoms with van der Waals surface area (Å²) < 4.78 is 26.5. The molecule has 0 aromatic heterocycles. The average molecular weight is 459 g/mol. The number of benzene rings is 1. The van der Waals surface area contributed by atoms with Gasteiger partial charge in [0.1, 0.15) is 0 Å². The Morgan fingerprint density at radius 1 is 1.39 bits per heavy atom. The molecule has 4 nitrogen and oxygen atoms in total. The van der Waals surface area contributed by atoms with Gasteiger partial charge in [0.2, 0.25) is 0 Å². The summed E-state index contributed by atoms with van der Waals surface area (Å²) in [4.78, 5) is 0.296. The van der Waals surface area contributed by atoms with Crippen molar-refractivity contribution in [1.29, 1.82) is 0 Å². The van der Waals surface area contributed by atoms with Crippen LogP contribution in [0.15, 0.2) is 35.2 Å². The first-order valence-corrected chi connectivity index (χ1v) is 9.64. The summed E-state index contributed by atoms with van der Waals surface area (Å²) in [6.07, 6.45) is 1.19. The molecule has 0 saturated carbocycles. The van der Waals surface area contributed by atoms with Gasteiger partial charge in [0.05, 0.1) is 0 Å². The molecule has 0 spiro atoms. The molecule has 0 bridgehead atoms. The van der Waals surface area contributed by atoms with E-state index in [0.29, 0.717) is 31.0 Å². The third kappa shape index (κ3) is 3.31. The summed E-state index contributed by atoms with van der Waals surface area (Å²) in [5.74, 6) is -0.176. The fourth-order valence-corrected chi connectivity index (χ4v) is 5.79. The zero-order chi connectivity index (χ0) is 13.2. The molecule has 1 saturated heterocycles. The second kappa shape index (κ2) is 5.98. The van der Waals surface area contributed by atoms with Gasteiger partial charge in [-0.25, -0.2) is 0 Å². The molecule has 1 aromatic rings. The minimum absolute atomic E-state index is 0.0356. The van der Waals surface area contributed by atoms with Crippen LogP contribution in [0.4, 0.5) is 0 Å². The van der Waals surface area contributed by atoms with Crippen LogP contribution in [0.5, 0.6) is 0 Å². The molecular formula is C12H16NO3STl. The van der Waals surface area contributed by atoms with Gasteiger partial charge in [-0.3, -0.25) is 0 Å². The van der Waals surface area contributed by atoms with E-state index in [0.717, 1.165) is 19.4 Å². The van der Waals surface area contributed by atoms with Crippen molar-refractivity contribution in [3.05, 3.63) is 30.3 Å². The van der Waals surface area contributed by atoms with Crippen molar-refractivity contribution in [2.45, 2.75) is 29.9 Å². The van der Waals surface area contributed by atoms with E-state index in [1.807, 2.05) is 0 Å². The fourth-order valence-electron chi connectivity index (χ4n) is 2.29. The minimum atomic E-state index is -3.38. The quantitative estimate of drug-likeness (QED) is 0.663. The van der Waals surface area contributed by atoms with Crippen molar-refractivity contribution in [3.8, 4) is 0 Å². The molecule has 1 fully saturated rings. The van der Waals surface area contributed by atoms with E-state index < -0.39 is 15.9 Å². The summed E-state index contributed by atoms with van der Waals surface area (Å²) in [5, 5.41) is 10.1. The summed E-state index contributed by atoms with van der Waals surface area (Å²) in [7, 11) is -3.38. The maximum absolute atomic E-state index is 12.1. The predicted molar refractivity (Wildman–Crippen MR) is 70.0 cm³/mol. The van der Waals surface area contributed by atoms with Gasteiger partial charge >= 0.3 is 125 Å². The third-order valence-corrected chi connectivity index (χ3v) is 7.54. The first kappa shape index (κ1) is 14.4. The number of rotatable bonds is 4. The molecular weight excluding hydrogens is 443 g/mol. The molecule has 0 radical (unpaired) electrons. The Morgan fingerprint density at radius 2 is 2.06 bits per heavy atom. The van der Waals surface area contributed by atoms with Gasteiger partial charge in [-0.05, 0) is 0 Å². The molecule has 1 N–H and O–H groups in total. The van der Waals surface area contributed by atoms with Crippen LogP contribution in [0, 0.1) is 0 Å². The standard InChI is InChI=1S/C12H16NO3S.Tl/c14-12(11-7-4-8-13-11)9-17(15,16)10-5-2-1-3-6-10;/h1-3,5-6,11-12,14H,4,7-9H2;/q-1;+1/t11-,12+;/m0./s1. The van der Waals surface area contributed by atoms with Crippen LogP contribution in [0.25, 0.3) is 0 Å². The molecule has 0 amide bonds. The van der Waals surface area contributed by atoms with E-state index in [2.05, 4.69) is 2.71 Å². The Bertz CT molecular complexity index is 491. The van der Waals surface area contributed by atoms with Gasteiger partial charge in [-0.15, -0.1) is 0 Å². The Morgan fingerprint density at radius 3 is 2.61 bits per heavy atom. The van der Waals surface area contributed by atoms with Crippen molar-refractivity contribution >= 4 is 35.9 Å². The van der Waals surface area contributed by atoms with E-state index in [4.69, 9.17) is 0 Å². The fraction of sp³-hybridized carbons (Fsp3) is 0.500. The van der Waals surface area contributed by atoms with Gasteiger partial charge in [-0.2, -0.15) is 0 Å². The number of nitrogens with zero attached hydrogens (tertiary/aromatic N) is 1. The van der Waals surface area contributed by atoms with E-state index in [-0.39, 0.29) is 11.8 Å². The van der Waals surface area contributed by atoms with Crippen LogP contribution in [-0.2, 0) is 9.84 Å². The summed E-state index contributed by atoms with van der Waals surface area (Å²) in [6.45, 7) is 0.998. The van der Waals surface area contributed by atoms with E-state index in [9.17, 15) is 13.5 Å². The van der Waals surface area contributed by atoms with Crippen LogP contribution >= 0.6 is 0 Å². The Hall–Kier alpha value is 0.0121. The zero-order valence-electron chi connectivity index (χ0n) is 10.1. The van der Waals surface area contributed by atoms with Gasteiger partial charge in [0, 0.05) is 0 Å². The predicted octanol–water partition coefficient (Wildman–Crippen LogP) is 0.369. The van der Waals surface area contributed by atoms with E-state index in [1.165, 1.54) is 0 Å². The van der Waals surface area contributed by atoms with E-state index >= 15 is 0 Å². The third-order valence-electron chi connectivity index (χ3n) is 3.28.